The number of hydrogen-bond donors (Lipinski definition) is 1. The zero-order valence-electron chi connectivity index (χ0n) is 12.8. The lowest BCUT2D eigenvalue weighted by atomic mass is 10.1. The summed E-state index contributed by atoms with van der Waals surface area (Å²) in [4.78, 5) is 12.5. The van der Waals surface area contributed by atoms with Gasteiger partial charge < -0.3 is 9.84 Å². The number of aliphatic carboxylic acids is 1. The summed E-state index contributed by atoms with van der Waals surface area (Å²) in [5.74, 6) is -0.0439. The number of rotatable bonds is 7. The smallest absolute Gasteiger partial charge is 0.317 e. The van der Waals surface area contributed by atoms with E-state index in [1.807, 2.05) is 62.4 Å². The number of thioether (sulfide) groups is 1. The molecule has 0 spiro atoms. The fourth-order valence-electron chi connectivity index (χ4n) is 2.13. The highest BCUT2D eigenvalue weighted by molar-refractivity contribution is 8.00. The van der Waals surface area contributed by atoms with Crippen LogP contribution in [0.25, 0.3) is 0 Å². The Kier molecular flexibility index (Phi) is 5.90. The molecule has 0 aliphatic rings. The largest absolute Gasteiger partial charge is 0.494 e. The molecule has 116 valence electrons. The first-order valence-corrected chi connectivity index (χ1v) is 8.15. The molecule has 0 aliphatic carbocycles. The summed E-state index contributed by atoms with van der Waals surface area (Å²) in [6.07, 6.45) is 0.435. The number of carboxylic acids is 1. The zero-order chi connectivity index (χ0) is 15.9. The van der Waals surface area contributed by atoms with Crippen LogP contribution < -0.4 is 4.74 Å². The molecule has 22 heavy (non-hydrogen) atoms. The molecule has 0 saturated carbocycles. The van der Waals surface area contributed by atoms with Crippen LogP contribution in [-0.4, -0.2) is 22.9 Å². The van der Waals surface area contributed by atoms with E-state index in [9.17, 15) is 9.90 Å². The van der Waals surface area contributed by atoms with Crippen molar-refractivity contribution in [3.8, 4) is 5.75 Å². The highest BCUT2D eigenvalue weighted by Gasteiger charge is 2.21. The first kappa shape index (κ1) is 16.4. The maximum Gasteiger partial charge on any atom is 0.317 e. The number of carboxylic acid groups (broad SMARTS) is 1. The normalized spacial score (nSPS) is 11.9. The Morgan fingerprint density at radius 1 is 1.18 bits per heavy atom. The molecular weight excluding hydrogens is 296 g/mol. The van der Waals surface area contributed by atoms with Crippen molar-refractivity contribution in [2.24, 2.45) is 0 Å². The third kappa shape index (κ3) is 4.53. The highest BCUT2D eigenvalue weighted by atomic mass is 32.2. The van der Waals surface area contributed by atoms with Crippen LogP contribution in [0.4, 0.5) is 0 Å². The van der Waals surface area contributed by atoms with Crippen LogP contribution in [0.2, 0.25) is 0 Å². The Hall–Kier alpha value is -1.94. The second-order valence-electron chi connectivity index (χ2n) is 5.00. The summed E-state index contributed by atoms with van der Waals surface area (Å²) < 4.78 is 5.58. The quantitative estimate of drug-likeness (QED) is 0.778. The summed E-state index contributed by atoms with van der Waals surface area (Å²) in [5.41, 5.74) is 2.09. The van der Waals surface area contributed by atoms with Gasteiger partial charge >= 0.3 is 5.97 Å². The van der Waals surface area contributed by atoms with Gasteiger partial charge in [0.05, 0.1) is 6.61 Å². The van der Waals surface area contributed by atoms with Gasteiger partial charge in [-0.15, -0.1) is 11.8 Å². The minimum absolute atomic E-state index is 0.435. The number of hydrogen-bond acceptors (Lipinski definition) is 3. The molecule has 2 aromatic rings. The van der Waals surface area contributed by atoms with Crippen molar-refractivity contribution in [2.75, 3.05) is 6.61 Å². The summed E-state index contributed by atoms with van der Waals surface area (Å²) in [6, 6.07) is 15.5. The Morgan fingerprint density at radius 3 is 2.50 bits per heavy atom. The predicted molar refractivity (Wildman–Crippen MR) is 89.8 cm³/mol. The number of aryl methyl sites for hydroxylation is 1. The Balaban J connectivity index is 2.15. The molecule has 1 N–H and O–H groups in total. The van der Waals surface area contributed by atoms with Gasteiger partial charge in [-0.1, -0.05) is 35.9 Å². The standard InChI is InChI=1S/C18H20O3S/c1-3-21-16-7-5-4-6-14(16)12-17(18(19)20)22-15-10-8-13(2)9-11-15/h4-11,17H,3,12H2,1-2H3,(H,19,20). The van der Waals surface area contributed by atoms with E-state index >= 15 is 0 Å². The fourth-order valence-corrected chi connectivity index (χ4v) is 3.11. The molecule has 0 heterocycles. The van der Waals surface area contributed by atoms with E-state index in [1.165, 1.54) is 11.8 Å². The molecule has 0 bridgehead atoms. The number of ether oxygens (including phenoxy) is 1. The van der Waals surface area contributed by atoms with Crippen molar-refractivity contribution in [3.05, 3.63) is 59.7 Å². The second-order valence-corrected chi connectivity index (χ2v) is 6.28. The third-order valence-corrected chi connectivity index (χ3v) is 4.45. The zero-order valence-corrected chi connectivity index (χ0v) is 13.6. The molecular formula is C18H20O3S. The van der Waals surface area contributed by atoms with Crippen LogP contribution in [0.15, 0.2) is 53.4 Å². The third-order valence-electron chi connectivity index (χ3n) is 3.25. The van der Waals surface area contributed by atoms with Gasteiger partial charge in [0.1, 0.15) is 11.0 Å². The van der Waals surface area contributed by atoms with Crippen molar-refractivity contribution >= 4 is 17.7 Å². The minimum atomic E-state index is -0.808. The van der Waals surface area contributed by atoms with Crippen molar-refractivity contribution in [1.29, 1.82) is 0 Å². The fraction of sp³-hybridized carbons (Fsp3) is 0.278. The van der Waals surface area contributed by atoms with Gasteiger partial charge in [-0.25, -0.2) is 0 Å². The van der Waals surface area contributed by atoms with E-state index in [1.54, 1.807) is 0 Å². The molecule has 0 aromatic heterocycles. The van der Waals surface area contributed by atoms with Crippen molar-refractivity contribution < 1.29 is 14.6 Å². The van der Waals surface area contributed by atoms with E-state index in [4.69, 9.17) is 4.74 Å². The summed E-state index contributed by atoms with van der Waals surface area (Å²) in [7, 11) is 0. The van der Waals surface area contributed by atoms with E-state index < -0.39 is 11.2 Å². The lowest BCUT2D eigenvalue weighted by molar-refractivity contribution is -0.136. The second kappa shape index (κ2) is 7.90. The average molecular weight is 316 g/mol. The van der Waals surface area contributed by atoms with Crippen molar-refractivity contribution in [3.63, 3.8) is 0 Å². The van der Waals surface area contributed by atoms with Crippen LogP contribution in [0, 0.1) is 6.92 Å². The van der Waals surface area contributed by atoms with E-state index in [0.717, 1.165) is 21.8 Å². The van der Waals surface area contributed by atoms with Crippen LogP contribution in [0.1, 0.15) is 18.1 Å². The van der Waals surface area contributed by atoms with Gasteiger partial charge in [0, 0.05) is 4.90 Å². The molecule has 2 aromatic carbocycles. The SMILES string of the molecule is CCOc1ccccc1CC(Sc1ccc(C)cc1)C(=O)O. The summed E-state index contributed by atoms with van der Waals surface area (Å²) in [5, 5.41) is 8.97. The topological polar surface area (TPSA) is 46.5 Å². The molecule has 2 rings (SSSR count). The lowest BCUT2D eigenvalue weighted by Crippen LogP contribution is -2.19. The molecule has 0 saturated heterocycles. The van der Waals surface area contributed by atoms with E-state index in [0.29, 0.717) is 13.0 Å². The molecule has 0 aliphatic heterocycles. The number of para-hydroxylation sites is 1. The van der Waals surface area contributed by atoms with Gasteiger partial charge in [0.2, 0.25) is 0 Å². The van der Waals surface area contributed by atoms with Gasteiger partial charge in [-0.05, 0) is 44.0 Å². The molecule has 0 fully saturated rings. The Bertz CT molecular complexity index is 622. The molecule has 4 heteroatoms. The van der Waals surface area contributed by atoms with Crippen LogP contribution in [-0.2, 0) is 11.2 Å². The monoisotopic (exact) mass is 316 g/mol. The first-order chi connectivity index (χ1) is 10.6. The number of carbonyl (C=O) groups is 1. The van der Waals surface area contributed by atoms with E-state index in [-0.39, 0.29) is 0 Å². The van der Waals surface area contributed by atoms with Crippen LogP contribution in [0.5, 0.6) is 5.75 Å². The van der Waals surface area contributed by atoms with Gasteiger partial charge in [0.25, 0.3) is 0 Å². The molecule has 0 radical (unpaired) electrons. The summed E-state index contributed by atoms with van der Waals surface area (Å²) in [6.45, 7) is 4.51. The van der Waals surface area contributed by atoms with Crippen LogP contribution in [0.3, 0.4) is 0 Å². The predicted octanol–water partition coefficient (Wildman–Crippen LogP) is 4.18. The van der Waals surface area contributed by atoms with Gasteiger partial charge in [0.15, 0.2) is 0 Å². The molecule has 1 atom stereocenters. The van der Waals surface area contributed by atoms with Crippen LogP contribution >= 0.6 is 11.8 Å². The molecule has 0 amide bonds. The summed E-state index contributed by atoms with van der Waals surface area (Å²) >= 11 is 1.37. The average Bonchev–Trinajstić information content (AvgIpc) is 2.50. The Labute approximate surface area is 135 Å². The highest BCUT2D eigenvalue weighted by Crippen LogP contribution is 2.29. The maximum absolute atomic E-state index is 11.6. The molecule has 1 unspecified atom stereocenters. The van der Waals surface area contributed by atoms with Crippen molar-refractivity contribution in [1.82, 2.24) is 0 Å². The lowest BCUT2D eigenvalue weighted by Gasteiger charge is -2.15. The van der Waals surface area contributed by atoms with Gasteiger partial charge in [-0.3, -0.25) is 4.79 Å². The minimum Gasteiger partial charge on any atom is -0.494 e. The van der Waals surface area contributed by atoms with Gasteiger partial charge in [-0.2, -0.15) is 0 Å². The first-order valence-electron chi connectivity index (χ1n) is 7.27. The van der Waals surface area contributed by atoms with Crippen molar-refractivity contribution in [2.45, 2.75) is 30.4 Å². The van der Waals surface area contributed by atoms with E-state index in [2.05, 4.69) is 0 Å². The number of benzene rings is 2. The molecule has 3 nitrogen and oxygen atoms in total. The maximum atomic E-state index is 11.6. The Morgan fingerprint density at radius 2 is 1.86 bits per heavy atom.